The van der Waals surface area contributed by atoms with Crippen LogP contribution in [0.4, 0.5) is 11.5 Å². The van der Waals surface area contributed by atoms with E-state index in [0.717, 1.165) is 57.4 Å². The van der Waals surface area contributed by atoms with Crippen LogP contribution in [-0.2, 0) is 4.74 Å². The molecular formula is C18H29N5OS. The monoisotopic (exact) mass is 363 g/mol. The Labute approximate surface area is 155 Å². The van der Waals surface area contributed by atoms with Crippen LogP contribution in [0.5, 0.6) is 0 Å². The Kier molecular flexibility index (Phi) is 6.84. The van der Waals surface area contributed by atoms with Gasteiger partial charge in [-0.3, -0.25) is 4.90 Å². The summed E-state index contributed by atoms with van der Waals surface area (Å²) in [7, 11) is 0. The van der Waals surface area contributed by atoms with Gasteiger partial charge in [0.05, 0.1) is 25.1 Å². The maximum Gasteiger partial charge on any atom is 0.170 e. The topological polar surface area (TPSA) is 52.7 Å². The van der Waals surface area contributed by atoms with Gasteiger partial charge in [0.15, 0.2) is 5.11 Å². The lowest BCUT2D eigenvalue weighted by molar-refractivity contribution is 0.0389. The standard InChI is InChI=1S/C18H29N5OS/c1-15-4-2-3-8-23(15)17-6-5-16(14-20-17)21-18(25)19-7-9-22-10-12-24-13-11-22/h5-6,14-15H,2-4,7-13H2,1H3,(H2,19,21,25)/t15-/m1/s1. The van der Waals surface area contributed by atoms with Crippen LogP contribution in [0, 0.1) is 0 Å². The first kappa shape index (κ1) is 18.4. The third-order valence-corrected chi connectivity index (χ3v) is 5.17. The molecule has 3 rings (SSSR count). The molecule has 0 amide bonds. The molecule has 0 unspecified atom stereocenters. The van der Waals surface area contributed by atoms with Crippen molar-refractivity contribution in [2.75, 3.05) is 56.2 Å². The molecular weight excluding hydrogens is 334 g/mol. The lowest BCUT2D eigenvalue weighted by Gasteiger charge is -2.34. The van der Waals surface area contributed by atoms with E-state index in [9.17, 15) is 0 Å². The fourth-order valence-corrected chi connectivity index (χ4v) is 3.62. The van der Waals surface area contributed by atoms with Gasteiger partial charge in [0.25, 0.3) is 0 Å². The van der Waals surface area contributed by atoms with Crippen molar-refractivity contribution in [1.29, 1.82) is 0 Å². The quantitative estimate of drug-likeness (QED) is 0.777. The van der Waals surface area contributed by atoms with E-state index in [1.807, 2.05) is 6.20 Å². The van der Waals surface area contributed by atoms with Gasteiger partial charge >= 0.3 is 0 Å². The average molecular weight is 364 g/mol. The van der Waals surface area contributed by atoms with Gasteiger partial charge < -0.3 is 20.3 Å². The van der Waals surface area contributed by atoms with E-state index in [0.29, 0.717) is 11.2 Å². The van der Waals surface area contributed by atoms with Crippen molar-refractivity contribution < 1.29 is 4.74 Å². The molecule has 0 saturated carbocycles. The summed E-state index contributed by atoms with van der Waals surface area (Å²) < 4.78 is 5.36. The van der Waals surface area contributed by atoms with E-state index in [-0.39, 0.29) is 0 Å². The highest BCUT2D eigenvalue weighted by molar-refractivity contribution is 7.80. The van der Waals surface area contributed by atoms with E-state index in [2.05, 4.69) is 44.5 Å². The maximum absolute atomic E-state index is 5.38. The number of pyridine rings is 1. The van der Waals surface area contributed by atoms with Crippen LogP contribution in [0.15, 0.2) is 18.3 Å². The molecule has 2 aliphatic heterocycles. The predicted molar refractivity (Wildman–Crippen MR) is 106 cm³/mol. The Bertz CT molecular complexity index is 547. The smallest absolute Gasteiger partial charge is 0.170 e. The largest absolute Gasteiger partial charge is 0.379 e. The normalized spacial score (nSPS) is 21.8. The second-order valence-electron chi connectivity index (χ2n) is 6.78. The van der Waals surface area contributed by atoms with Crippen molar-refractivity contribution in [3.05, 3.63) is 18.3 Å². The van der Waals surface area contributed by atoms with Crippen LogP contribution < -0.4 is 15.5 Å². The molecule has 25 heavy (non-hydrogen) atoms. The van der Waals surface area contributed by atoms with E-state index in [4.69, 9.17) is 17.0 Å². The summed E-state index contributed by atoms with van der Waals surface area (Å²) in [5.41, 5.74) is 0.928. The lowest BCUT2D eigenvalue weighted by atomic mass is 10.0. The second-order valence-corrected chi connectivity index (χ2v) is 7.19. The first-order valence-corrected chi connectivity index (χ1v) is 9.71. The minimum absolute atomic E-state index is 0.572. The van der Waals surface area contributed by atoms with Crippen LogP contribution >= 0.6 is 12.2 Å². The van der Waals surface area contributed by atoms with Gasteiger partial charge in [-0.1, -0.05) is 0 Å². The first-order chi connectivity index (χ1) is 12.2. The zero-order valence-corrected chi connectivity index (χ0v) is 15.9. The van der Waals surface area contributed by atoms with Crippen molar-refractivity contribution in [2.45, 2.75) is 32.2 Å². The lowest BCUT2D eigenvalue weighted by Crippen LogP contribution is -2.42. The molecule has 1 atom stereocenters. The number of morpholine rings is 1. The molecule has 2 fully saturated rings. The van der Waals surface area contributed by atoms with Gasteiger partial charge in [-0.15, -0.1) is 0 Å². The molecule has 1 aromatic rings. The number of hydrogen-bond donors (Lipinski definition) is 2. The summed E-state index contributed by atoms with van der Waals surface area (Å²) in [6.07, 6.45) is 5.69. The minimum Gasteiger partial charge on any atom is -0.379 e. The summed E-state index contributed by atoms with van der Waals surface area (Å²) in [6.45, 7) is 8.86. The number of aromatic nitrogens is 1. The molecule has 2 N–H and O–H groups in total. The van der Waals surface area contributed by atoms with Crippen molar-refractivity contribution >= 4 is 28.8 Å². The van der Waals surface area contributed by atoms with Gasteiger partial charge in [0.2, 0.25) is 0 Å². The average Bonchev–Trinajstić information content (AvgIpc) is 2.64. The van der Waals surface area contributed by atoms with Gasteiger partial charge in [-0.2, -0.15) is 0 Å². The number of nitrogens with one attached hydrogen (secondary N) is 2. The summed E-state index contributed by atoms with van der Waals surface area (Å²) in [6, 6.07) is 4.71. The Balaban J connectivity index is 1.42. The molecule has 2 aliphatic rings. The van der Waals surface area contributed by atoms with Crippen molar-refractivity contribution in [2.24, 2.45) is 0 Å². The molecule has 6 nitrogen and oxygen atoms in total. The minimum atomic E-state index is 0.572. The molecule has 0 radical (unpaired) electrons. The Hall–Kier alpha value is -1.44. The number of nitrogens with zero attached hydrogens (tertiary/aromatic N) is 3. The summed E-state index contributed by atoms with van der Waals surface area (Å²) in [5, 5.41) is 7.13. The van der Waals surface area contributed by atoms with Gasteiger partial charge in [-0.25, -0.2) is 4.98 Å². The Morgan fingerprint density at radius 2 is 2.12 bits per heavy atom. The van der Waals surface area contributed by atoms with Crippen LogP contribution in [-0.4, -0.2) is 67.0 Å². The molecule has 138 valence electrons. The van der Waals surface area contributed by atoms with E-state index in [1.165, 1.54) is 19.3 Å². The third kappa shape index (κ3) is 5.52. The summed E-state index contributed by atoms with van der Waals surface area (Å²) in [4.78, 5) is 9.39. The van der Waals surface area contributed by atoms with Crippen molar-refractivity contribution in [3.63, 3.8) is 0 Å². The predicted octanol–water partition coefficient (Wildman–Crippen LogP) is 2.08. The number of ether oxygens (including phenoxy) is 1. The SMILES string of the molecule is C[C@@H]1CCCCN1c1ccc(NC(=S)NCCN2CCOCC2)cn1. The number of rotatable bonds is 5. The van der Waals surface area contributed by atoms with Gasteiger partial charge in [0.1, 0.15) is 5.82 Å². The van der Waals surface area contributed by atoms with Gasteiger partial charge in [-0.05, 0) is 50.5 Å². The highest BCUT2D eigenvalue weighted by Crippen LogP contribution is 2.23. The molecule has 1 aromatic heterocycles. The maximum atomic E-state index is 5.38. The zero-order chi connectivity index (χ0) is 17.5. The van der Waals surface area contributed by atoms with E-state index >= 15 is 0 Å². The zero-order valence-electron chi connectivity index (χ0n) is 15.0. The molecule has 0 aromatic carbocycles. The highest BCUT2D eigenvalue weighted by Gasteiger charge is 2.19. The summed E-state index contributed by atoms with van der Waals surface area (Å²) in [5.74, 6) is 1.06. The second kappa shape index (κ2) is 9.31. The van der Waals surface area contributed by atoms with Crippen molar-refractivity contribution in [1.82, 2.24) is 15.2 Å². The van der Waals surface area contributed by atoms with Crippen molar-refractivity contribution in [3.8, 4) is 0 Å². The molecule has 0 aliphatic carbocycles. The van der Waals surface area contributed by atoms with Crippen LogP contribution in [0.3, 0.4) is 0 Å². The number of hydrogen-bond acceptors (Lipinski definition) is 5. The fraction of sp³-hybridized carbons (Fsp3) is 0.667. The summed E-state index contributed by atoms with van der Waals surface area (Å²) >= 11 is 5.38. The first-order valence-electron chi connectivity index (χ1n) is 9.30. The Morgan fingerprint density at radius 1 is 1.28 bits per heavy atom. The van der Waals surface area contributed by atoms with Crippen LogP contribution in [0.1, 0.15) is 26.2 Å². The number of piperidine rings is 1. The molecule has 2 saturated heterocycles. The molecule has 7 heteroatoms. The molecule has 3 heterocycles. The Morgan fingerprint density at radius 3 is 2.84 bits per heavy atom. The van der Waals surface area contributed by atoms with E-state index < -0.39 is 0 Å². The van der Waals surface area contributed by atoms with Gasteiger partial charge in [0, 0.05) is 38.8 Å². The highest BCUT2D eigenvalue weighted by atomic mass is 32.1. The number of anilines is 2. The van der Waals surface area contributed by atoms with Crippen LogP contribution in [0.25, 0.3) is 0 Å². The van der Waals surface area contributed by atoms with E-state index in [1.54, 1.807) is 0 Å². The molecule has 0 bridgehead atoms. The molecule has 0 spiro atoms. The van der Waals surface area contributed by atoms with Crippen LogP contribution in [0.2, 0.25) is 0 Å². The third-order valence-electron chi connectivity index (χ3n) is 4.92. The number of thiocarbonyl (C=S) groups is 1. The fourth-order valence-electron chi connectivity index (χ4n) is 3.40.